The van der Waals surface area contributed by atoms with Crippen LogP contribution in [0.1, 0.15) is 64.4 Å². The summed E-state index contributed by atoms with van der Waals surface area (Å²) in [6.07, 6.45) is 5.10. The number of halogens is 1. The van der Waals surface area contributed by atoms with Gasteiger partial charge in [-0.25, -0.2) is 4.90 Å². The van der Waals surface area contributed by atoms with Gasteiger partial charge in [0, 0.05) is 15.8 Å². The number of fused-ring (bicyclic) bond motifs is 2. The molecular formula is C22H21ClN2O3S. The van der Waals surface area contributed by atoms with Crippen molar-refractivity contribution >= 4 is 45.7 Å². The predicted molar refractivity (Wildman–Crippen MR) is 112 cm³/mol. The molecule has 3 amide bonds. The zero-order valence-electron chi connectivity index (χ0n) is 15.8. The largest absolute Gasteiger partial charge is 0.365 e. The van der Waals surface area contributed by atoms with Crippen molar-refractivity contribution in [3.05, 3.63) is 50.9 Å². The summed E-state index contributed by atoms with van der Waals surface area (Å²) in [5.41, 5.74) is 8.10. The van der Waals surface area contributed by atoms with Crippen molar-refractivity contribution in [3.63, 3.8) is 0 Å². The van der Waals surface area contributed by atoms with Crippen molar-refractivity contribution in [2.24, 2.45) is 17.6 Å². The molecule has 2 aromatic rings. The first-order valence-corrected chi connectivity index (χ1v) is 11.3. The SMILES string of the molecule is NC(=O)c1c(N2C(=O)C3CCCCC3C2=O)sc2c1C(c1ccc(Cl)cc1)CC2. The Morgan fingerprint density at radius 2 is 1.66 bits per heavy atom. The number of imide groups is 1. The van der Waals surface area contributed by atoms with E-state index in [4.69, 9.17) is 17.3 Å². The summed E-state index contributed by atoms with van der Waals surface area (Å²) < 4.78 is 0. The number of nitrogens with two attached hydrogens (primary N) is 1. The van der Waals surface area contributed by atoms with Gasteiger partial charge in [-0.1, -0.05) is 36.6 Å². The third-order valence-corrected chi connectivity index (χ3v) is 8.08. The van der Waals surface area contributed by atoms with Gasteiger partial charge in [0.05, 0.1) is 17.4 Å². The Bertz CT molecular complexity index is 1010. The van der Waals surface area contributed by atoms with Gasteiger partial charge in [-0.15, -0.1) is 11.3 Å². The van der Waals surface area contributed by atoms with Gasteiger partial charge < -0.3 is 5.73 Å². The van der Waals surface area contributed by atoms with Crippen LogP contribution in [0.5, 0.6) is 0 Å². The van der Waals surface area contributed by atoms with Crippen LogP contribution in [0.25, 0.3) is 0 Å². The maximum atomic E-state index is 13.1. The molecule has 0 bridgehead atoms. The molecule has 0 radical (unpaired) electrons. The summed E-state index contributed by atoms with van der Waals surface area (Å²) in [4.78, 5) is 41.0. The summed E-state index contributed by atoms with van der Waals surface area (Å²) in [5.74, 6) is -1.38. The molecule has 3 aliphatic rings. The first-order chi connectivity index (χ1) is 14.0. The van der Waals surface area contributed by atoms with E-state index in [0.29, 0.717) is 15.6 Å². The van der Waals surface area contributed by atoms with E-state index >= 15 is 0 Å². The van der Waals surface area contributed by atoms with Crippen molar-refractivity contribution in [2.75, 3.05) is 4.90 Å². The van der Waals surface area contributed by atoms with Crippen LogP contribution in [0.2, 0.25) is 5.02 Å². The second-order valence-corrected chi connectivity index (χ2v) is 9.66. The highest BCUT2D eigenvalue weighted by Crippen LogP contribution is 2.51. The quantitative estimate of drug-likeness (QED) is 0.741. The average Bonchev–Trinajstić information content (AvgIpc) is 3.34. The molecule has 1 aliphatic heterocycles. The number of amides is 3. The molecule has 7 heteroatoms. The topological polar surface area (TPSA) is 80.5 Å². The summed E-state index contributed by atoms with van der Waals surface area (Å²) in [5, 5.41) is 1.09. The van der Waals surface area contributed by atoms with E-state index in [1.54, 1.807) is 0 Å². The van der Waals surface area contributed by atoms with Gasteiger partial charge in [-0.3, -0.25) is 14.4 Å². The number of aryl methyl sites for hydroxylation is 1. The number of carbonyl (C=O) groups is 3. The van der Waals surface area contributed by atoms with Gasteiger partial charge in [0.25, 0.3) is 5.91 Å². The van der Waals surface area contributed by atoms with Crippen LogP contribution in [-0.4, -0.2) is 17.7 Å². The zero-order chi connectivity index (χ0) is 20.3. The summed E-state index contributed by atoms with van der Waals surface area (Å²) in [6, 6.07) is 7.60. The number of hydrogen-bond acceptors (Lipinski definition) is 4. The molecule has 0 spiro atoms. The van der Waals surface area contributed by atoms with Crippen LogP contribution < -0.4 is 10.6 Å². The van der Waals surface area contributed by atoms with Crippen LogP contribution in [0.15, 0.2) is 24.3 Å². The van der Waals surface area contributed by atoms with Crippen LogP contribution in [0.4, 0.5) is 5.00 Å². The lowest BCUT2D eigenvalue weighted by atomic mass is 9.81. The number of benzene rings is 1. The Labute approximate surface area is 177 Å². The molecule has 3 atom stereocenters. The molecule has 2 N–H and O–H groups in total. The van der Waals surface area contributed by atoms with Crippen LogP contribution in [0.3, 0.4) is 0 Å². The van der Waals surface area contributed by atoms with Gasteiger partial charge in [-0.05, 0) is 48.9 Å². The monoisotopic (exact) mass is 428 g/mol. The lowest BCUT2D eigenvalue weighted by Crippen LogP contribution is -2.32. The van der Waals surface area contributed by atoms with Crippen molar-refractivity contribution in [3.8, 4) is 0 Å². The number of rotatable bonds is 3. The second kappa shape index (κ2) is 6.96. The fraction of sp³-hybridized carbons (Fsp3) is 0.409. The molecule has 2 fully saturated rings. The average molecular weight is 429 g/mol. The number of thiophene rings is 1. The van der Waals surface area contributed by atoms with E-state index in [2.05, 4.69) is 0 Å². The fourth-order valence-corrected chi connectivity index (χ4v) is 6.76. The van der Waals surface area contributed by atoms with Crippen molar-refractivity contribution in [1.29, 1.82) is 0 Å². The highest BCUT2D eigenvalue weighted by Gasteiger charge is 2.51. The van der Waals surface area contributed by atoms with Gasteiger partial charge in [-0.2, -0.15) is 0 Å². The molecule has 5 rings (SSSR count). The van der Waals surface area contributed by atoms with E-state index < -0.39 is 5.91 Å². The Morgan fingerprint density at radius 1 is 1.03 bits per heavy atom. The third-order valence-electron chi connectivity index (χ3n) is 6.58. The Morgan fingerprint density at radius 3 is 2.24 bits per heavy atom. The Balaban J connectivity index is 1.60. The first-order valence-electron chi connectivity index (χ1n) is 10.1. The lowest BCUT2D eigenvalue weighted by molar-refractivity contribution is -0.122. The standard InChI is InChI=1S/C22H21ClN2O3S/c23-12-7-5-11(6-8-12)13-9-10-16-17(13)18(19(24)26)22(29-16)25-20(27)14-3-1-2-4-15(14)21(25)28/h5-8,13-15H,1-4,9-10H2,(H2,24,26). The van der Waals surface area contributed by atoms with E-state index in [1.807, 2.05) is 24.3 Å². The van der Waals surface area contributed by atoms with Gasteiger partial charge in [0.15, 0.2) is 0 Å². The number of anilines is 1. The first kappa shape index (κ1) is 18.8. The number of carbonyl (C=O) groups excluding carboxylic acids is 3. The Hall–Kier alpha value is -2.18. The summed E-state index contributed by atoms with van der Waals surface area (Å²) in [6.45, 7) is 0. The van der Waals surface area contributed by atoms with Crippen molar-refractivity contribution < 1.29 is 14.4 Å². The third kappa shape index (κ3) is 2.84. The maximum absolute atomic E-state index is 13.1. The minimum absolute atomic E-state index is 0.0184. The van der Waals surface area contributed by atoms with Gasteiger partial charge in [0.1, 0.15) is 5.00 Å². The number of hydrogen-bond donors (Lipinski definition) is 1. The predicted octanol–water partition coefficient (Wildman–Crippen LogP) is 4.26. The Kier molecular flexibility index (Phi) is 4.51. The van der Waals surface area contributed by atoms with Crippen LogP contribution in [-0.2, 0) is 16.0 Å². The highest BCUT2D eigenvalue weighted by molar-refractivity contribution is 7.17. The lowest BCUT2D eigenvalue weighted by Gasteiger charge is -2.19. The normalized spacial score (nSPS) is 26.0. The molecule has 1 saturated carbocycles. The molecule has 2 aliphatic carbocycles. The van der Waals surface area contributed by atoms with E-state index in [-0.39, 0.29) is 29.6 Å². The number of primary amides is 1. The molecule has 3 unspecified atom stereocenters. The molecule has 2 heterocycles. The van der Waals surface area contributed by atoms with Gasteiger partial charge >= 0.3 is 0 Å². The summed E-state index contributed by atoms with van der Waals surface area (Å²) >= 11 is 7.41. The smallest absolute Gasteiger partial charge is 0.252 e. The number of nitrogens with zero attached hydrogens (tertiary/aromatic N) is 1. The molecule has 29 heavy (non-hydrogen) atoms. The summed E-state index contributed by atoms with van der Waals surface area (Å²) in [7, 11) is 0. The molecule has 1 aromatic heterocycles. The zero-order valence-corrected chi connectivity index (χ0v) is 17.4. The van der Waals surface area contributed by atoms with Crippen molar-refractivity contribution in [2.45, 2.75) is 44.4 Å². The molecule has 1 saturated heterocycles. The fourth-order valence-electron chi connectivity index (χ4n) is 5.24. The maximum Gasteiger partial charge on any atom is 0.252 e. The minimum Gasteiger partial charge on any atom is -0.365 e. The molecular weight excluding hydrogens is 408 g/mol. The van der Waals surface area contributed by atoms with Crippen molar-refractivity contribution in [1.82, 2.24) is 0 Å². The van der Waals surface area contributed by atoms with Gasteiger partial charge in [0.2, 0.25) is 11.8 Å². The van der Waals surface area contributed by atoms with E-state index in [0.717, 1.165) is 54.5 Å². The molecule has 1 aromatic carbocycles. The van der Waals surface area contributed by atoms with Crippen LogP contribution in [0, 0.1) is 11.8 Å². The molecule has 150 valence electrons. The minimum atomic E-state index is -0.575. The van der Waals surface area contributed by atoms with E-state index in [9.17, 15) is 14.4 Å². The van der Waals surface area contributed by atoms with Crippen LogP contribution >= 0.6 is 22.9 Å². The highest BCUT2D eigenvalue weighted by atomic mass is 35.5. The second-order valence-electron chi connectivity index (χ2n) is 8.14. The molecule has 5 nitrogen and oxygen atoms in total. The van der Waals surface area contributed by atoms with E-state index in [1.165, 1.54) is 16.2 Å².